The van der Waals surface area contributed by atoms with Gasteiger partial charge in [-0.1, -0.05) is 72.6 Å². The SMILES string of the molecule is CCC(CC)(C1CCCCCCC1)C1CC(=O)N(CCCCCC(NC(C(=O)NCC=O)C(C)C)C(F)(F)F)C1=O. The summed E-state index contributed by atoms with van der Waals surface area (Å²) >= 11 is 0. The van der Waals surface area contributed by atoms with Gasteiger partial charge in [-0.2, -0.15) is 13.2 Å². The number of aldehydes is 1. The van der Waals surface area contributed by atoms with E-state index in [9.17, 15) is 32.3 Å². The predicted molar refractivity (Wildman–Crippen MR) is 153 cm³/mol. The summed E-state index contributed by atoms with van der Waals surface area (Å²) < 4.78 is 41.4. The number of carbonyl (C=O) groups excluding carboxylic acids is 4. The second kappa shape index (κ2) is 16.6. The zero-order valence-electron chi connectivity index (χ0n) is 25.5. The molecule has 2 N–H and O–H groups in total. The van der Waals surface area contributed by atoms with Crippen molar-refractivity contribution < 1.29 is 32.3 Å². The Morgan fingerprint density at radius 2 is 1.61 bits per heavy atom. The summed E-state index contributed by atoms with van der Waals surface area (Å²) in [5, 5.41) is 4.78. The average molecular weight is 588 g/mol. The van der Waals surface area contributed by atoms with Gasteiger partial charge in [-0.25, -0.2) is 0 Å². The first kappa shape index (κ1) is 35.2. The number of rotatable bonds is 16. The molecule has 1 saturated carbocycles. The third kappa shape index (κ3) is 9.52. The molecule has 3 atom stereocenters. The van der Waals surface area contributed by atoms with E-state index >= 15 is 0 Å². The van der Waals surface area contributed by atoms with Crippen molar-refractivity contribution in [2.75, 3.05) is 13.1 Å². The largest absolute Gasteiger partial charge is 0.403 e. The number of carbonyl (C=O) groups is 4. The van der Waals surface area contributed by atoms with Crippen LogP contribution < -0.4 is 10.6 Å². The molecule has 1 aliphatic carbocycles. The van der Waals surface area contributed by atoms with Crippen LogP contribution in [0.4, 0.5) is 13.2 Å². The average Bonchev–Trinajstić information content (AvgIpc) is 3.18. The molecule has 1 aliphatic heterocycles. The van der Waals surface area contributed by atoms with E-state index in [4.69, 9.17) is 0 Å². The fourth-order valence-corrected chi connectivity index (χ4v) is 7.18. The topological polar surface area (TPSA) is 95.6 Å². The van der Waals surface area contributed by atoms with Gasteiger partial charge in [-0.05, 0) is 55.8 Å². The van der Waals surface area contributed by atoms with Crippen molar-refractivity contribution in [3.63, 3.8) is 0 Å². The van der Waals surface area contributed by atoms with E-state index in [1.165, 1.54) is 37.0 Å². The lowest BCUT2D eigenvalue weighted by Crippen LogP contribution is -2.55. The molecule has 1 saturated heterocycles. The zero-order chi connectivity index (χ0) is 30.6. The van der Waals surface area contributed by atoms with E-state index < -0.39 is 30.1 Å². The first-order valence-electron chi connectivity index (χ1n) is 15.8. The van der Waals surface area contributed by atoms with Crippen LogP contribution in [0.2, 0.25) is 0 Å². The molecular weight excluding hydrogens is 535 g/mol. The van der Waals surface area contributed by atoms with Crippen LogP contribution in [-0.4, -0.2) is 60.3 Å². The minimum atomic E-state index is -4.55. The van der Waals surface area contributed by atoms with Crippen LogP contribution in [-0.2, 0) is 19.2 Å². The number of unbranched alkanes of at least 4 members (excludes halogenated alkanes) is 2. The van der Waals surface area contributed by atoms with Crippen molar-refractivity contribution in [1.29, 1.82) is 0 Å². The zero-order valence-corrected chi connectivity index (χ0v) is 25.5. The highest BCUT2D eigenvalue weighted by Crippen LogP contribution is 2.51. The number of hydrogen-bond acceptors (Lipinski definition) is 5. The standard InChI is InChI=1S/C31H52F3N3O4/c1-5-30(6-2,23-15-11-8-7-9-12-16-23)24-21-26(39)37(29(24)41)19-14-10-13-17-25(31(32,33)34)36-27(22(3)4)28(40)35-18-20-38/h20,22-25,27,36H,5-19,21H2,1-4H3,(H,35,40). The van der Waals surface area contributed by atoms with Crippen LogP contribution in [0.25, 0.3) is 0 Å². The number of nitrogens with one attached hydrogen (secondary N) is 2. The Balaban J connectivity index is 1.96. The Morgan fingerprint density at radius 1 is 1.00 bits per heavy atom. The van der Waals surface area contributed by atoms with E-state index in [0.717, 1.165) is 25.7 Å². The normalized spacial score (nSPS) is 21.1. The highest BCUT2D eigenvalue weighted by molar-refractivity contribution is 6.04. The Bertz CT molecular complexity index is 852. The van der Waals surface area contributed by atoms with Gasteiger partial charge in [0.2, 0.25) is 17.7 Å². The smallest absolute Gasteiger partial charge is 0.348 e. The van der Waals surface area contributed by atoms with Crippen LogP contribution in [0.5, 0.6) is 0 Å². The third-order valence-corrected chi connectivity index (χ3v) is 9.63. The van der Waals surface area contributed by atoms with Crippen molar-refractivity contribution in [3.05, 3.63) is 0 Å². The van der Waals surface area contributed by atoms with Crippen molar-refractivity contribution in [3.8, 4) is 0 Å². The second-order valence-corrected chi connectivity index (χ2v) is 12.4. The third-order valence-electron chi connectivity index (χ3n) is 9.63. The predicted octanol–water partition coefficient (Wildman–Crippen LogP) is 5.95. The minimum absolute atomic E-state index is 0.100. The maximum Gasteiger partial charge on any atom is 0.403 e. The van der Waals surface area contributed by atoms with Gasteiger partial charge in [-0.3, -0.25) is 24.6 Å². The van der Waals surface area contributed by atoms with Crippen LogP contribution in [0.15, 0.2) is 0 Å². The van der Waals surface area contributed by atoms with Crippen LogP contribution >= 0.6 is 0 Å². The van der Waals surface area contributed by atoms with Gasteiger partial charge in [-0.15, -0.1) is 0 Å². The molecule has 0 aromatic carbocycles. The van der Waals surface area contributed by atoms with Gasteiger partial charge in [0.1, 0.15) is 12.3 Å². The van der Waals surface area contributed by atoms with Gasteiger partial charge in [0.25, 0.3) is 0 Å². The summed E-state index contributed by atoms with van der Waals surface area (Å²) in [4.78, 5) is 50.8. The maximum absolute atomic E-state index is 13.8. The Kier molecular flexibility index (Phi) is 14.3. The van der Waals surface area contributed by atoms with E-state index in [1.54, 1.807) is 13.8 Å². The molecular formula is C31H52F3N3O4. The number of halogens is 3. The molecule has 2 rings (SSSR count). The number of imide groups is 1. The second-order valence-electron chi connectivity index (χ2n) is 12.4. The molecule has 1 heterocycles. The van der Waals surface area contributed by atoms with Crippen LogP contribution in [0.1, 0.15) is 118 Å². The molecule has 2 aliphatic rings. The highest BCUT2D eigenvalue weighted by Gasteiger charge is 2.52. The fraction of sp³-hybridized carbons (Fsp3) is 0.871. The van der Waals surface area contributed by atoms with Gasteiger partial charge < -0.3 is 10.1 Å². The quantitative estimate of drug-likeness (QED) is 0.132. The summed E-state index contributed by atoms with van der Waals surface area (Å²) in [5.41, 5.74) is -0.185. The van der Waals surface area contributed by atoms with Crippen LogP contribution in [0, 0.1) is 23.2 Å². The summed E-state index contributed by atoms with van der Waals surface area (Å²) in [5.74, 6) is -1.19. The van der Waals surface area contributed by atoms with Gasteiger partial charge in [0, 0.05) is 13.0 Å². The van der Waals surface area contributed by atoms with Crippen molar-refractivity contribution in [2.24, 2.45) is 23.2 Å². The molecule has 236 valence electrons. The van der Waals surface area contributed by atoms with Crippen LogP contribution in [0.3, 0.4) is 0 Å². The van der Waals surface area contributed by atoms with E-state index in [1.807, 2.05) is 0 Å². The monoisotopic (exact) mass is 587 g/mol. The Labute approximate surface area is 244 Å². The maximum atomic E-state index is 13.8. The molecule has 0 radical (unpaired) electrons. The molecule has 10 heteroatoms. The molecule has 3 unspecified atom stereocenters. The molecule has 0 spiro atoms. The summed E-state index contributed by atoms with van der Waals surface area (Å²) in [6.45, 7) is 7.55. The number of nitrogens with zero attached hydrogens (tertiary/aromatic N) is 1. The molecule has 0 aromatic heterocycles. The number of amides is 3. The molecule has 3 amide bonds. The van der Waals surface area contributed by atoms with Crippen molar-refractivity contribution in [2.45, 2.75) is 136 Å². The van der Waals surface area contributed by atoms with E-state index in [2.05, 4.69) is 24.5 Å². The number of likely N-dealkylation sites (tertiary alicyclic amines) is 1. The summed E-state index contributed by atoms with van der Waals surface area (Å²) in [7, 11) is 0. The first-order valence-corrected chi connectivity index (χ1v) is 15.8. The molecule has 0 bridgehead atoms. The van der Waals surface area contributed by atoms with Crippen molar-refractivity contribution >= 4 is 24.0 Å². The van der Waals surface area contributed by atoms with E-state index in [0.29, 0.717) is 25.0 Å². The lowest BCUT2D eigenvalue weighted by Gasteiger charge is -2.44. The van der Waals surface area contributed by atoms with E-state index in [-0.39, 0.29) is 55.5 Å². The summed E-state index contributed by atoms with van der Waals surface area (Å²) in [6, 6.07) is -2.97. The number of hydrogen-bond donors (Lipinski definition) is 2. The minimum Gasteiger partial charge on any atom is -0.348 e. The lowest BCUT2D eigenvalue weighted by atomic mass is 9.59. The van der Waals surface area contributed by atoms with Crippen molar-refractivity contribution in [1.82, 2.24) is 15.5 Å². The Hall–Kier alpha value is -1.97. The molecule has 41 heavy (non-hydrogen) atoms. The molecule has 7 nitrogen and oxygen atoms in total. The summed E-state index contributed by atoms with van der Waals surface area (Å²) in [6.07, 6.45) is 7.01. The Morgan fingerprint density at radius 3 is 2.15 bits per heavy atom. The van der Waals surface area contributed by atoms with Gasteiger partial charge in [0.15, 0.2) is 0 Å². The number of alkyl halides is 3. The molecule has 2 fully saturated rings. The first-order chi connectivity index (χ1) is 19.4. The highest BCUT2D eigenvalue weighted by atomic mass is 19.4. The molecule has 0 aromatic rings. The fourth-order valence-electron chi connectivity index (χ4n) is 7.18. The lowest BCUT2D eigenvalue weighted by molar-refractivity contribution is -0.161. The van der Waals surface area contributed by atoms with Gasteiger partial charge >= 0.3 is 6.18 Å². The van der Waals surface area contributed by atoms with Gasteiger partial charge in [0.05, 0.1) is 18.5 Å².